The molecule has 0 atom stereocenters. The van der Waals surface area contributed by atoms with Gasteiger partial charge in [-0.1, -0.05) is 42.5 Å². The first-order chi connectivity index (χ1) is 13.1. The first-order valence-electron chi connectivity index (χ1n) is 9.10. The van der Waals surface area contributed by atoms with Gasteiger partial charge in [0.15, 0.2) is 5.96 Å². The molecule has 1 amide bonds. The van der Waals surface area contributed by atoms with Crippen LogP contribution in [0, 0.1) is 0 Å². The van der Waals surface area contributed by atoms with E-state index in [2.05, 4.69) is 10.3 Å². The van der Waals surface area contributed by atoms with Crippen molar-refractivity contribution < 1.29 is 9.53 Å². The average Bonchev–Trinajstić information content (AvgIpc) is 2.71. The number of nitrogens with zero attached hydrogens (tertiary/aromatic N) is 2. The molecule has 0 aliphatic rings. The van der Waals surface area contributed by atoms with E-state index in [9.17, 15) is 4.79 Å². The number of ether oxygens (including phenoxy) is 1. The van der Waals surface area contributed by atoms with Crippen molar-refractivity contribution in [2.24, 2.45) is 10.7 Å². The summed E-state index contributed by atoms with van der Waals surface area (Å²) in [6.45, 7) is 3.87. The van der Waals surface area contributed by atoms with E-state index >= 15 is 0 Å². The van der Waals surface area contributed by atoms with Crippen molar-refractivity contribution in [3.8, 4) is 5.75 Å². The lowest BCUT2D eigenvalue weighted by Crippen LogP contribution is -2.36. The summed E-state index contributed by atoms with van der Waals surface area (Å²) in [5, 5.41) is 3.05. The van der Waals surface area contributed by atoms with Crippen LogP contribution in [0.4, 0.5) is 0 Å². The highest BCUT2D eigenvalue weighted by Gasteiger charge is 2.11. The second-order valence-electron chi connectivity index (χ2n) is 6.12. The van der Waals surface area contributed by atoms with Crippen molar-refractivity contribution in [1.82, 2.24) is 10.2 Å². The molecule has 0 saturated heterocycles. The maximum Gasteiger partial charge on any atom is 0.244 e. The van der Waals surface area contributed by atoms with E-state index in [1.807, 2.05) is 61.5 Å². The fourth-order valence-corrected chi connectivity index (χ4v) is 2.62. The Bertz CT molecular complexity index is 730. The number of hydrogen-bond donors (Lipinski definition) is 2. The number of guanidine groups is 1. The Kier molecular flexibility index (Phi) is 8.16. The van der Waals surface area contributed by atoms with Crippen LogP contribution in [0.25, 0.3) is 0 Å². The summed E-state index contributed by atoms with van der Waals surface area (Å²) in [6.07, 6.45) is 0.809. The first kappa shape index (κ1) is 20.3. The molecule has 6 nitrogen and oxygen atoms in total. The fourth-order valence-electron chi connectivity index (χ4n) is 2.62. The van der Waals surface area contributed by atoms with E-state index in [-0.39, 0.29) is 18.4 Å². The number of methoxy groups -OCH3 is 1. The molecule has 0 spiro atoms. The van der Waals surface area contributed by atoms with Gasteiger partial charge >= 0.3 is 0 Å². The molecular weight excluding hydrogens is 340 g/mol. The van der Waals surface area contributed by atoms with Crippen LogP contribution in [0.5, 0.6) is 5.75 Å². The minimum atomic E-state index is -0.0405. The molecule has 6 heteroatoms. The smallest absolute Gasteiger partial charge is 0.244 e. The minimum Gasteiger partial charge on any atom is -0.497 e. The first-order valence-corrected chi connectivity index (χ1v) is 9.10. The third-order valence-corrected chi connectivity index (χ3v) is 4.21. The van der Waals surface area contributed by atoms with Crippen LogP contribution in [0.15, 0.2) is 59.6 Å². The van der Waals surface area contributed by atoms with Crippen molar-refractivity contribution in [2.45, 2.75) is 19.9 Å². The highest BCUT2D eigenvalue weighted by molar-refractivity contribution is 5.84. The third kappa shape index (κ3) is 7.01. The van der Waals surface area contributed by atoms with E-state index in [0.29, 0.717) is 19.6 Å². The Morgan fingerprint density at radius 2 is 1.81 bits per heavy atom. The predicted molar refractivity (Wildman–Crippen MR) is 109 cm³/mol. The zero-order valence-electron chi connectivity index (χ0n) is 16.0. The van der Waals surface area contributed by atoms with E-state index < -0.39 is 0 Å². The maximum absolute atomic E-state index is 12.4. The second kappa shape index (κ2) is 10.9. The fraction of sp³-hybridized carbons (Fsp3) is 0.333. The number of nitrogens with one attached hydrogen (secondary N) is 1. The lowest BCUT2D eigenvalue weighted by Gasteiger charge is -2.20. The van der Waals surface area contributed by atoms with Crippen LogP contribution in [0.1, 0.15) is 18.1 Å². The zero-order valence-corrected chi connectivity index (χ0v) is 16.0. The summed E-state index contributed by atoms with van der Waals surface area (Å²) in [5.74, 6) is 1.08. The number of aliphatic imine (C=N–C) groups is 1. The van der Waals surface area contributed by atoms with E-state index in [0.717, 1.165) is 17.7 Å². The number of amides is 1. The topological polar surface area (TPSA) is 80.0 Å². The monoisotopic (exact) mass is 368 g/mol. The van der Waals surface area contributed by atoms with Crippen molar-refractivity contribution in [1.29, 1.82) is 0 Å². The molecular formula is C21H28N4O2. The molecule has 144 valence electrons. The number of rotatable bonds is 9. The van der Waals surface area contributed by atoms with Crippen LogP contribution in [-0.2, 0) is 17.8 Å². The lowest BCUT2D eigenvalue weighted by atomic mass is 10.1. The summed E-state index contributed by atoms with van der Waals surface area (Å²) in [7, 11) is 1.65. The zero-order chi connectivity index (χ0) is 19.5. The second-order valence-corrected chi connectivity index (χ2v) is 6.12. The number of likely N-dealkylation sites (N-methyl/N-ethyl adjacent to an activating group) is 1. The van der Waals surface area contributed by atoms with Crippen LogP contribution < -0.4 is 15.8 Å². The molecule has 0 bridgehead atoms. The van der Waals surface area contributed by atoms with Crippen molar-refractivity contribution in [2.75, 3.05) is 26.7 Å². The van der Waals surface area contributed by atoms with Crippen LogP contribution >= 0.6 is 0 Å². The van der Waals surface area contributed by atoms with Crippen LogP contribution in [-0.4, -0.2) is 43.5 Å². The number of nitrogens with two attached hydrogens (primary N) is 1. The van der Waals surface area contributed by atoms with Crippen molar-refractivity contribution in [3.63, 3.8) is 0 Å². The standard InChI is InChI=1S/C21H28N4O2/c1-3-25(16-18-7-5-4-6-8-18)20(26)15-24-21(22)23-14-13-17-9-11-19(27-2)12-10-17/h4-12H,3,13-16H2,1-2H3,(H3,22,23,24). The minimum absolute atomic E-state index is 0.0405. The maximum atomic E-state index is 12.4. The van der Waals surface area contributed by atoms with Gasteiger partial charge in [-0.3, -0.25) is 4.79 Å². The number of hydrogen-bond acceptors (Lipinski definition) is 3. The van der Waals surface area contributed by atoms with Gasteiger partial charge in [-0.15, -0.1) is 0 Å². The molecule has 0 saturated carbocycles. The third-order valence-electron chi connectivity index (χ3n) is 4.21. The molecule has 27 heavy (non-hydrogen) atoms. The van der Waals surface area contributed by atoms with Gasteiger partial charge < -0.3 is 20.7 Å². The van der Waals surface area contributed by atoms with Crippen LogP contribution in [0.3, 0.4) is 0 Å². The molecule has 2 aromatic carbocycles. The predicted octanol–water partition coefficient (Wildman–Crippen LogP) is 2.19. The Balaban J connectivity index is 1.76. The lowest BCUT2D eigenvalue weighted by molar-refractivity contribution is -0.130. The summed E-state index contributed by atoms with van der Waals surface area (Å²) >= 11 is 0. The van der Waals surface area contributed by atoms with E-state index in [1.165, 1.54) is 5.56 Å². The molecule has 0 aliphatic carbocycles. The van der Waals surface area contributed by atoms with Gasteiger partial charge in [-0.05, 0) is 36.6 Å². The van der Waals surface area contributed by atoms with Gasteiger partial charge in [-0.2, -0.15) is 0 Å². The molecule has 0 unspecified atom stereocenters. The van der Waals surface area contributed by atoms with Gasteiger partial charge in [-0.25, -0.2) is 4.99 Å². The largest absolute Gasteiger partial charge is 0.497 e. The number of carbonyl (C=O) groups excluding carboxylic acids is 1. The molecule has 0 aliphatic heterocycles. The van der Waals surface area contributed by atoms with Crippen LogP contribution in [0.2, 0.25) is 0 Å². The molecule has 0 fully saturated rings. The molecule has 0 heterocycles. The Morgan fingerprint density at radius 3 is 2.44 bits per heavy atom. The molecule has 0 radical (unpaired) electrons. The van der Waals surface area contributed by atoms with Crippen molar-refractivity contribution in [3.05, 3.63) is 65.7 Å². The summed E-state index contributed by atoms with van der Waals surface area (Å²) in [6, 6.07) is 17.8. The van der Waals surface area contributed by atoms with Gasteiger partial charge in [0.2, 0.25) is 5.91 Å². The van der Waals surface area contributed by atoms with E-state index in [4.69, 9.17) is 10.5 Å². The Labute approximate surface area is 161 Å². The Hall–Kier alpha value is -3.02. The highest BCUT2D eigenvalue weighted by Crippen LogP contribution is 2.11. The summed E-state index contributed by atoms with van der Waals surface area (Å²) in [5.41, 5.74) is 8.15. The highest BCUT2D eigenvalue weighted by atomic mass is 16.5. The Morgan fingerprint density at radius 1 is 1.11 bits per heavy atom. The van der Waals surface area contributed by atoms with Gasteiger partial charge in [0.1, 0.15) is 12.3 Å². The quantitative estimate of drug-likeness (QED) is 0.525. The van der Waals surface area contributed by atoms with Gasteiger partial charge in [0.25, 0.3) is 0 Å². The normalized spacial score (nSPS) is 11.1. The number of benzene rings is 2. The summed E-state index contributed by atoms with van der Waals surface area (Å²) < 4.78 is 5.14. The van der Waals surface area contributed by atoms with E-state index in [1.54, 1.807) is 12.0 Å². The average molecular weight is 368 g/mol. The molecule has 3 N–H and O–H groups in total. The molecule has 0 aromatic heterocycles. The number of carbonyl (C=O) groups is 1. The summed E-state index contributed by atoms with van der Waals surface area (Å²) in [4.78, 5) is 18.3. The SMILES string of the molecule is CCN(Cc1ccccc1)C(=O)CN=C(N)NCCc1ccc(OC)cc1. The van der Waals surface area contributed by atoms with Gasteiger partial charge in [0.05, 0.1) is 7.11 Å². The molecule has 2 rings (SSSR count). The van der Waals surface area contributed by atoms with Gasteiger partial charge in [0, 0.05) is 19.6 Å². The van der Waals surface area contributed by atoms with Crippen molar-refractivity contribution >= 4 is 11.9 Å². The molecule has 2 aromatic rings.